The van der Waals surface area contributed by atoms with Crippen molar-refractivity contribution in [1.29, 1.82) is 0 Å². The molecule has 1 fully saturated rings. The number of carbonyl (C=O) groups excluding carboxylic acids is 1. The summed E-state index contributed by atoms with van der Waals surface area (Å²) in [5.74, 6) is 1.14. The molecular weight excluding hydrogens is 324 g/mol. The summed E-state index contributed by atoms with van der Waals surface area (Å²) in [5, 5.41) is 7.95. The van der Waals surface area contributed by atoms with E-state index in [0.29, 0.717) is 23.5 Å². The third-order valence-electron chi connectivity index (χ3n) is 3.23. The molecule has 0 spiro atoms. The van der Waals surface area contributed by atoms with E-state index < -0.39 is 0 Å². The van der Waals surface area contributed by atoms with Crippen molar-refractivity contribution in [2.24, 2.45) is 0 Å². The molecule has 0 atom stereocenters. The standard InChI is InChI=1S/C13H13BrN4O2/c14-11-4-3-10(20-11)13(19)18-8-6-17(7-9-18)12-2-1-5-15-16-12/h1-5H,6-9H2. The molecule has 20 heavy (non-hydrogen) atoms. The highest BCUT2D eigenvalue weighted by Gasteiger charge is 2.24. The van der Waals surface area contributed by atoms with Gasteiger partial charge in [-0.3, -0.25) is 4.79 Å². The maximum Gasteiger partial charge on any atom is 0.289 e. The molecule has 0 radical (unpaired) electrons. The summed E-state index contributed by atoms with van der Waals surface area (Å²) in [6.45, 7) is 2.78. The summed E-state index contributed by atoms with van der Waals surface area (Å²) >= 11 is 3.20. The highest BCUT2D eigenvalue weighted by Crippen LogP contribution is 2.18. The lowest BCUT2D eigenvalue weighted by Crippen LogP contribution is -2.49. The molecule has 1 aliphatic rings. The van der Waals surface area contributed by atoms with E-state index in [1.807, 2.05) is 12.1 Å². The second-order valence-corrected chi connectivity index (χ2v) is 5.25. The van der Waals surface area contributed by atoms with Gasteiger partial charge in [-0.1, -0.05) is 0 Å². The lowest BCUT2D eigenvalue weighted by Gasteiger charge is -2.34. The first-order valence-corrected chi connectivity index (χ1v) is 7.10. The number of rotatable bonds is 2. The van der Waals surface area contributed by atoms with Gasteiger partial charge < -0.3 is 14.2 Å². The van der Waals surface area contributed by atoms with Crippen molar-refractivity contribution in [2.75, 3.05) is 31.1 Å². The van der Waals surface area contributed by atoms with Gasteiger partial charge in [-0.2, -0.15) is 5.10 Å². The molecule has 0 aliphatic carbocycles. The number of aromatic nitrogens is 2. The van der Waals surface area contributed by atoms with Crippen LogP contribution in [0.4, 0.5) is 5.82 Å². The number of halogens is 1. The molecule has 0 aromatic carbocycles. The zero-order valence-corrected chi connectivity index (χ0v) is 12.3. The van der Waals surface area contributed by atoms with Crippen molar-refractivity contribution < 1.29 is 9.21 Å². The first kappa shape index (κ1) is 13.1. The number of anilines is 1. The molecule has 3 heterocycles. The number of amides is 1. The van der Waals surface area contributed by atoms with Crippen LogP contribution in [-0.2, 0) is 0 Å². The van der Waals surface area contributed by atoms with Crippen LogP contribution < -0.4 is 4.90 Å². The molecule has 2 aromatic rings. The van der Waals surface area contributed by atoms with Crippen molar-refractivity contribution >= 4 is 27.7 Å². The van der Waals surface area contributed by atoms with Crippen LogP contribution in [0.1, 0.15) is 10.6 Å². The first-order valence-electron chi connectivity index (χ1n) is 6.31. The van der Waals surface area contributed by atoms with Crippen molar-refractivity contribution in [3.63, 3.8) is 0 Å². The molecule has 0 unspecified atom stereocenters. The highest BCUT2D eigenvalue weighted by atomic mass is 79.9. The molecular formula is C13H13BrN4O2. The third kappa shape index (κ3) is 2.67. The lowest BCUT2D eigenvalue weighted by molar-refractivity contribution is 0.0713. The van der Waals surface area contributed by atoms with E-state index in [-0.39, 0.29) is 5.91 Å². The van der Waals surface area contributed by atoms with E-state index in [1.54, 1.807) is 23.2 Å². The minimum atomic E-state index is -0.0745. The Kier molecular flexibility index (Phi) is 3.68. The van der Waals surface area contributed by atoms with E-state index in [0.717, 1.165) is 18.9 Å². The third-order valence-corrected chi connectivity index (χ3v) is 3.66. The van der Waals surface area contributed by atoms with Crippen LogP contribution >= 0.6 is 15.9 Å². The van der Waals surface area contributed by atoms with E-state index in [1.165, 1.54) is 0 Å². The Morgan fingerprint density at radius 3 is 2.60 bits per heavy atom. The van der Waals surface area contributed by atoms with Crippen LogP contribution in [-0.4, -0.2) is 47.2 Å². The average Bonchev–Trinajstić information content (AvgIpc) is 2.94. The topological polar surface area (TPSA) is 62.5 Å². The fourth-order valence-corrected chi connectivity index (χ4v) is 2.49. The molecule has 0 bridgehead atoms. The fraction of sp³-hybridized carbons (Fsp3) is 0.308. The summed E-state index contributed by atoms with van der Waals surface area (Å²) in [4.78, 5) is 16.1. The van der Waals surface area contributed by atoms with Gasteiger partial charge in [0, 0.05) is 32.4 Å². The van der Waals surface area contributed by atoms with E-state index in [4.69, 9.17) is 4.42 Å². The monoisotopic (exact) mass is 336 g/mol. The number of carbonyl (C=O) groups is 1. The summed E-state index contributed by atoms with van der Waals surface area (Å²) < 4.78 is 5.87. The summed E-state index contributed by atoms with van der Waals surface area (Å²) in [7, 11) is 0. The van der Waals surface area contributed by atoms with Gasteiger partial charge >= 0.3 is 0 Å². The molecule has 0 N–H and O–H groups in total. The maximum absolute atomic E-state index is 12.2. The number of furan rings is 1. The largest absolute Gasteiger partial charge is 0.444 e. The molecule has 2 aromatic heterocycles. The van der Waals surface area contributed by atoms with Crippen molar-refractivity contribution in [3.05, 3.63) is 40.9 Å². The summed E-state index contributed by atoms with van der Waals surface area (Å²) in [6, 6.07) is 7.19. The van der Waals surface area contributed by atoms with Gasteiger partial charge in [-0.15, -0.1) is 5.10 Å². The Bertz CT molecular complexity index is 593. The molecule has 6 nitrogen and oxygen atoms in total. The van der Waals surface area contributed by atoms with Crippen LogP contribution in [0.3, 0.4) is 0 Å². The maximum atomic E-state index is 12.2. The minimum absolute atomic E-state index is 0.0745. The van der Waals surface area contributed by atoms with Crippen LogP contribution in [0.5, 0.6) is 0 Å². The lowest BCUT2D eigenvalue weighted by atomic mass is 10.3. The quantitative estimate of drug-likeness (QED) is 0.836. The predicted octanol–water partition coefficient (Wildman–Crippen LogP) is 1.79. The Hall–Kier alpha value is -1.89. The van der Waals surface area contributed by atoms with E-state index in [2.05, 4.69) is 31.0 Å². The van der Waals surface area contributed by atoms with Crippen molar-refractivity contribution in [3.8, 4) is 0 Å². The van der Waals surface area contributed by atoms with Gasteiger partial charge in [0.2, 0.25) is 0 Å². The zero-order valence-electron chi connectivity index (χ0n) is 10.7. The number of hydrogen-bond acceptors (Lipinski definition) is 5. The van der Waals surface area contributed by atoms with Gasteiger partial charge in [0.05, 0.1) is 0 Å². The van der Waals surface area contributed by atoms with Crippen LogP contribution in [0, 0.1) is 0 Å². The number of piperazine rings is 1. The number of hydrogen-bond donors (Lipinski definition) is 0. The van der Waals surface area contributed by atoms with E-state index >= 15 is 0 Å². The Balaban J connectivity index is 1.63. The minimum Gasteiger partial charge on any atom is -0.444 e. The molecule has 0 saturated carbocycles. The molecule has 104 valence electrons. The van der Waals surface area contributed by atoms with Crippen LogP contribution in [0.25, 0.3) is 0 Å². The predicted molar refractivity (Wildman–Crippen MR) is 76.6 cm³/mol. The van der Waals surface area contributed by atoms with Crippen molar-refractivity contribution in [1.82, 2.24) is 15.1 Å². The summed E-state index contributed by atoms with van der Waals surface area (Å²) in [5.41, 5.74) is 0. The van der Waals surface area contributed by atoms with Gasteiger partial charge in [0.1, 0.15) is 0 Å². The molecule has 1 saturated heterocycles. The summed E-state index contributed by atoms with van der Waals surface area (Å²) in [6.07, 6.45) is 1.65. The van der Waals surface area contributed by atoms with Crippen LogP contribution in [0.15, 0.2) is 39.5 Å². The average molecular weight is 337 g/mol. The Morgan fingerprint density at radius 2 is 2.00 bits per heavy atom. The second kappa shape index (κ2) is 5.62. The van der Waals surface area contributed by atoms with Crippen LogP contribution in [0.2, 0.25) is 0 Å². The first-order chi connectivity index (χ1) is 9.74. The Labute approximate surface area is 124 Å². The second-order valence-electron chi connectivity index (χ2n) is 4.46. The molecule has 3 rings (SSSR count). The van der Waals surface area contributed by atoms with Crippen molar-refractivity contribution in [2.45, 2.75) is 0 Å². The number of nitrogens with zero attached hydrogens (tertiary/aromatic N) is 4. The highest BCUT2D eigenvalue weighted by molar-refractivity contribution is 9.10. The zero-order chi connectivity index (χ0) is 13.9. The normalized spacial score (nSPS) is 15.4. The van der Waals surface area contributed by atoms with Gasteiger partial charge in [-0.25, -0.2) is 0 Å². The SMILES string of the molecule is O=C(c1ccc(Br)o1)N1CCN(c2cccnn2)CC1. The smallest absolute Gasteiger partial charge is 0.289 e. The Morgan fingerprint density at radius 1 is 1.20 bits per heavy atom. The molecule has 7 heteroatoms. The fourth-order valence-electron chi connectivity index (χ4n) is 2.19. The van der Waals surface area contributed by atoms with Gasteiger partial charge in [0.15, 0.2) is 16.2 Å². The van der Waals surface area contributed by atoms with E-state index in [9.17, 15) is 4.79 Å². The van der Waals surface area contributed by atoms with Gasteiger partial charge in [-0.05, 0) is 40.2 Å². The molecule has 1 aliphatic heterocycles. The van der Waals surface area contributed by atoms with Gasteiger partial charge in [0.25, 0.3) is 5.91 Å². The molecule has 1 amide bonds.